The molecule has 1 aromatic heterocycles. The van der Waals surface area contributed by atoms with Crippen LogP contribution in [0.4, 0.5) is 0 Å². The van der Waals surface area contributed by atoms with Crippen molar-refractivity contribution in [1.82, 2.24) is 10.3 Å². The summed E-state index contributed by atoms with van der Waals surface area (Å²) in [6.07, 6.45) is 2.56. The van der Waals surface area contributed by atoms with Crippen LogP contribution >= 0.6 is 11.3 Å². The quantitative estimate of drug-likeness (QED) is 0.708. The van der Waals surface area contributed by atoms with Gasteiger partial charge in [-0.15, -0.1) is 11.3 Å². The van der Waals surface area contributed by atoms with E-state index in [4.69, 9.17) is 5.11 Å². The molecule has 1 rings (SSSR count). The van der Waals surface area contributed by atoms with E-state index in [2.05, 4.69) is 10.3 Å². The van der Waals surface area contributed by atoms with Crippen molar-refractivity contribution in [3.8, 4) is 0 Å². The molecule has 0 unspecified atom stereocenters. The molecular formula is C12H18N2O3S. The zero-order valence-electron chi connectivity index (χ0n) is 10.4. The van der Waals surface area contributed by atoms with Gasteiger partial charge in [0.2, 0.25) is 5.91 Å². The van der Waals surface area contributed by atoms with Gasteiger partial charge >= 0.3 is 5.97 Å². The molecule has 1 aromatic rings. The van der Waals surface area contributed by atoms with E-state index in [1.165, 1.54) is 0 Å². The summed E-state index contributed by atoms with van der Waals surface area (Å²) in [6, 6.07) is 0. The maximum atomic E-state index is 11.5. The molecule has 6 heteroatoms. The Morgan fingerprint density at radius 1 is 1.39 bits per heavy atom. The second-order valence-corrected chi connectivity index (χ2v) is 4.91. The Labute approximate surface area is 110 Å². The second kappa shape index (κ2) is 7.81. The van der Waals surface area contributed by atoms with E-state index in [1.54, 1.807) is 11.3 Å². The predicted octanol–water partition coefficient (Wildman–Crippen LogP) is 1.97. The Balaban J connectivity index is 2.14. The van der Waals surface area contributed by atoms with Crippen molar-refractivity contribution in [2.45, 2.75) is 45.6 Å². The Kier molecular flexibility index (Phi) is 6.35. The molecule has 0 saturated carbocycles. The molecule has 0 radical (unpaired) electrons. The number of aliphatic carboxylic acids is 1. The normalized spacial score (nSPS) is 10.3. The van der Waals surface area contributed by atoms with Crippen molar-refractivity contribution >= 4 is 23.2 Å². The fraction of sp³-hybridized carbons (Fsp3) is 0.583. The highest BCUT2D eigenvalue weighted by Crippen LogP contribution is 2.09. The molecule has 0 fully saturated rings. The predicted molar refractivity (Wildman–Crippen MR) is 69.4 cm³/mol. The van der Waals surface area contributed by atoms with Gasteiger partial charge in [0, 0.05) is 18.2 Å². The van der Waals surface area contributed by atoms with E-state index in [9.17, 15) is 9.59 Å². The molecule has 1 amide bonds. The van der Waals surface area contributed by atoms with Crippen molar-refractivity contribution in [2.75, 3.05) is 0 Å². The Bertz CT molecular complexity index is 404. The molecule has 0 aromatic carbocycles. The van der Waals surface area contributed by atoms with Crippen LogP contribution in [0.5, 0.6) is 0 Å². The van der Waals surface area contributed by atoms with Crippen molar-refractivity contribution in [1.29, 1.82) is 0 Å². The van der Waals surface area contributed by atoms with Gasteiger partial charge in [-0.3, -0.25) is 9.59 Å². The number of hydrogen-bond donors (Lipinski definition) is 2. The van der Waals surface area contributed by atoms with Gasteiger partial charge in [-0.2, -0.15) is 0 Å². The summed E-state index contributed by atoms with van der Waals surface area (Å²) in [7, 11) is 0. The standard InChI is InChI=1S/C12H18N2O3S/c1-2-11-14-9(8-18-11)7-13-10(15)5-3-4-6-12(16)17/h8H,2-7H2,1H3,(H,13,15)(H,16,17). The molecule has 18 heavy (non-hydrogen) atoms. The summed E-state index contributed by atoms with van der Waals surface area (Å²) >= 11 is 1.60. The number of carbonyl (C=O) groups excluding carboxylic acids is 1. The molecule has 0 aliphatic carbocycles. The summed E-state index contributed by atoms with van der Waals surface area (Å²) in [6.45, 7) is 2.50. The zero-order chi connectivity index (χ0) is 13.4. The number of rotatable bonds is 8. The van der Waals surface area contributed by atoms with Crippen LogP contribution in [0.25, 0.3) is 0 Å². The van der Waals surface area contributed by atoms with Crippen LogP contribution in [0, 0.1) is 0 Å². The van der Waals surface area contributed by atoms with Crippen LogP contribution in [0.1, 0.15) is 43.3 Å². The summed E-state index contributed by atoms with van der Waals surface area (Å²) in [5.41, 5.74) is 0.885. The lowest BCUT2D eigenvalue weighted by atomic mass is 10.2. The van der Waals surface area contributed by atoms with Crippen LogP contribution in [0.3, 0.4) is 0 Å². The number of nitrogens with one attached hydrogen (secondary N) is 1. The molecule has 100 valence electrons. The Hall–Kier alpha value is -1.43. The SMILES string of the molecule is CCc1nc(CNC(=O)CCCCC(=O)O)cs1. The molecule has 0 bridgehead atoms. The number of amides is 1. The third kappa shape index (κ3) is 5.77. The highest BCUT2D eigenvalue weighted by Gasteiger charge is 2.05. The number of nitrogens with zero attached hydrogens (tertiary/aromatic N) is 1. The molecule has 0 saturated heterocycles. The van der Waals surface area contributed by atoms with Crippen LogP contribution < -0.4 is 5.32 Å². The number of carbonyl (C=O) groups is 2. The first kappa shape index (κ1) is 14.6. The first-order valence-electron chi connectivity index (χ1n) is 6.03. The number of aromatic nitrogens is 1. The van der Waals surface area contributed by atoms with Gasteiger partial charge in [-0.1, -0.05) is 6.92 Å². The van der Waals surface area contributed by atoms with Crippen molar-refractivity contribution in [3.63, 3.8) is 0 Å². The van der Waals surface area contributed by atoms with Gasteiger partial charge in [-0.25, -0.2) is 4.98 Å². The van der Waals surface area contributed by atoms with Crippen molar-refractivity contribution < 1.29 is 14.7 Å². The largest absolute Gasteiger partial charge is 0.481 e. The van der Waals surface area contributed by atoms with E-state index in [0.29, 0.717) is 25.8 Å². The van der Waals surface area contributed by atoms with Crippen LogP contribution in [0.15, 0.2) is 5.38 Å². The second-order valence-electron chi connectivity index (χ2n) is 3.96. The van der Waals surface area contributed by atoms with Gasteiger partial charge in [-0.05, 0) is 19.3 Å². The fourth-order valence-corrected chi connectivity index (χ4v) is 2.18. The molecule has 0 aliphatic heterocycles. The Morgan fingerprint density at radius 2 is 2.11 bits per heavy atom. The lowest BCUT2D eigenvalue weighted by Gasteiger charge is -2.02. The highest BCUT2D eigenvalue weighted by atomic mass is 32.1. The number of carboxylic acid groups (broad SMARTS) is 1. The lowest BCUT2D eigenvalue weighted by molar-refractivity contribution is -0.137. The first-order chi connectivity index (χ1) is 8.61. The van der Waals surface area contributed by atoms with Gasteiger partial charge in [0.1, 0.15) is 0 Å². The maximum Gasteiger partial charge on any atom is 0.303 e. The lowest BCUT2D eigenvalue weighted by Crippen LogP contribution is -2.22. The molecule has 0 spiro atoms. The van der Waals surface area contributed by atoms with Crippen molar-refractivity contribution in [2.24, 2.45) is 0 Å². The summed E-state index contributed by atoms with van der Waals surface area (Å²) in [5, 5.41) is 14.2. The van der Waals surface area contributed by atoms with E-state index >= 15 is 0 Å². The van der Waals surface area contributed by atoms with Crippen molar-refractivity contribution in [3.05, 3.63) is 16.1 Å². The summed E-state index contributed by atoms with van der Waals surface area (Å²) in [5.74, 6) is -0.864. The topological polar surface area (TPSA) is 79.3 Å². The first-order valence-corrected chi connectivity index (χ1v) is 6.91. The van der Waals surface area contributed by atoms with Crippen LogP contribution in [0.2, 0.25) is 0 Å². The molecule has 1 heterocycles. The minimum Gasteiger partial charge on any atom is -0.481 e. The number of aryl methyl sites for hydroxylation is 1. The fourth-order valence-electron chi connectivity index (χ4n) is 1.43. The van der Waals surface area contributed by atoms with Gasteiger partial charge in [0.25, 0.3) is 0 Å². The van der Waals surface area contributed by atoms with Gasteiger partial charge < -0.3 is 10.4 Å². The minimum atomic E-state index is -0.815. The van der Waals surface area contributed by atoms with Gasteiger partial charge in [0.15, 0.2) is 0 Å². The monoisotopic (exact) mass is 270 g/mol. The van der Waals surface area contributed by atoms with Crippen LogP contribution in [-0.4, -0.2) is 22.0 Å². The third-order valence-corrected chi connectivity index (χ3v) is 3.45. The molecule has 5 nitrogen and oxygen atoms in total. The third-order valence-electron chi connectivity index (χ3n) is 2.41. The van der Waals surface area contributed by atoms with E-state index in [0.717, 1.165) is 17.1 Å². The molecular weight excluding hydrogens is 252 g/mol. The summed E-state index contributed by atoms with van der Waals surface area (Å²) < 4.78 is 0. The number of thiazole rings is 1. The van der Waals surface area contributed by atoms with E-state index < -0.39 is 5.97 Å². The number of carboxylic acids is 1. The summed E-state index contributed by atoms with van der Waals surface area (Å²) in [4.78, 5) is 26.1. The van der Waals surface area contributed by atoms with E-state index in [-0.39, 0.29) is 12.3 Å². The highest BCUT2D eigenvalue weighted by molar-refractivity contribution is 7.09. The van der Waals surface area contributed by atoms with E-state index in [1.807, 2.05) is 12.3 Å². The average molecular weight is 270 g/mol. The average Bonchev–Trinajstić information content (AvgIpc) is 2.80. The maximum absolute atomic E-state index is 11.5. The Morgan fingerprint density at radius 3 is 2.72 bits per heavy atom. The molecule has 0 atom stereocenters. The number of hydrogen-bond acceptors (Lipinski definition) is 4. The number of unbranched alkanes of at least 4 members (excludes halogenated alkanes) is 1. The van der Waals surface area contributed by atoms with Gasteiger partial charge in [0.05, 0.1) is 17.2 Å². The van der Waals surface area contributed by atoms with Crippen LogP contribution in [-0.2, 0) is 22.6 Å². The minimum absolute atomic E-state index is 0.0496. The smallest absolute Gasteiger partial charge is 0.303 e. The molecule has 2 N–H and O–H groups in total. The zero-order valence-corrected chi connectivity index (χ0v) is 11.3. The molecule has 0 aliphatic rings.